The number of aliphatic hydroxyl groups is 1. The Morgan fingerprint density at radius 2 is 1.85 bits per heavy atom. The van der Waals surface area contributed by atoms with E-state index in [1.807, 2.05) is 63.7 Å². The average Bonchev–Trinajstić information content (AvgIpc) is 3.54. The Kier molecular flexibility index (Phi) is 7.07. The minimum atomic E-state index is -0.469. The third kappa shape index (κ3) is 6.56. The van der Waals surface area contributed by atoms with Crippen LogP contribution in [-0.4, -0.2) is 33.1 Å². The summed E-state index contributed by atoms with van der Waals surface area (Å²) in [6.45, 7) is 7.60. The lowest BCUT2D eigenvalue weighted by atomic mass is 9.95. The Hall–Kier alpha value is -2.41. The predicted octanol–water partition coefficient (Wildman–Crippen LogP) is 6.78. The number of amides is 1. The monoisotopic (exact) mass is 470 g/mol. The molecule has 1 amide bonds. The van der Waals surface area contributed by atoms with Crippen molar-refractivity contribution in [2.75, 3.05) is 0 Å². The lowest BCUT2D eigenvalue weighted by Crippen LogP contribution is -2.41. The van der Waals surface area contributed by atoms with E-state index in [1.165, 1.54) is 0 Å². The molecule has 0 unspecified atom stereocenters. The maximum Gasteiger partial charge on any atom is 0.407 e. The minimum Gasteiger partial charge on any atom is -0.507 e. The van der Waals surface area contributed by atoms with Gasteiger partial charge in [-0.25, -0.2) is 9.78 Å². The molecule has 2 aliphatic carbocycles. The van der Waals surface area contributed by atoms with Crippen LogP contribution in [0.5, 0.6) is 0 Å². The van der Waals surface area contributed by atoms with E-state index in [4.69, 9.17) is 14.1 Å². The van der Waals surface area contributed by atoms with Gasteiger partial charge >= 0.3 is 6.09 Å². The molecule has 2 N–H and O–H groups in total. The zero-order valence-electron chi connectivity index (χ0n) is 19.9. The highest BCUT2D eigenvalue weighted by Gasteiger charge is 2.25. The van der Waals surface area contributed by atoms with Crippen molar-refractivity contribution in [3.8, 4) is 11.5 Å². The van der Waals surface area contributed by atoms with Gasteiger partial charge in [-0.15, -0.1) is 0 Å². The van der Waals surface area contributed by atoms with Gasteiger partial charge in [0.25, 0.3) is 0 Å². The van der Waals surface area contributed by atoms with Crippen molar-refractivity contribution in [2.24, 2.45) is 0 Å². The molecule has 2 aliphatic rings. The van der Waals surface area contributed by atoms with E-state index in [9.17, 15) is 9.90 Å². The Balaban J connectivity index is 1.26. The molecule has 0 bridgehead atoms. The molecular formula is C26H34N2O4S. The number of hydrogen-bond acceptors (Lipinski definition) is 6. The van der Waals surface area contributed by atoms with Crippen LogP contribution in [0.25, 0.3) is 17.2 Å². The van der Waals surface area contributed by atoms with Gasteiger partial charge in [-0.05, 0) is 83.9 Å². The third-order valence-electron chi connectivity index (χ3n) is 5.98. The van der Waals surface area contributed by atoms with Gasteiger partial charge < -0.3 is 19.6 Å². The Morgan fingerprint density at radius 1 is 1.18 bits per heavy atom. The summed E-state index contributed by atoms with van der Waals surface area (Å²) < 4.78 is 11.3. The molecule has 0 atom stereocenters. The number of carbonyl (C=O) groups excluding carboxylic acids is 1. The summed E-state index contributed by atoms with van der Waals surface area (Å²) in [6.07, 6.45) is 5.73. The first kappa shape index (κ1) is 23.7. The van der Waals surface area contributed by atoms with Crippen molar-refractivity contribution >= 4 is 23.6 Å². The molecule has 1 heterocycles. The molecule has 2 aromatic rings. The second-order valence-electron chi connectivity index (χ2n) is 9.98. The van der Waals surface area contributed by atoms with Gasteiger partial charge in [0.1, 0.15) is 17.1 Å². The molecule has 33 heavy (non-hydrogen) atoms. The van der Waals surface area contributed by atoms with E-state index in [2.05, 4.69) is 5.32 Å². The quantitative estimate of drug-likeness (QED) is 0.453. The van der Waals surface area contributed by atoms with Crippen LogP contribution in [0.15, 0.2) is 34.3 Å². The van der Waals surface area contributed by atoms with Crippen molar-refractivity contribution in [3.05, 3.63) is 46.9 Å². The maximum absolute atomic E-state index is 12.0. The van der Waals surface area contributed by atoms with Crippen molar-refractivity contribution < 1.29 is 19.1 Å². The van der Waals surface area contributed by atoms with E-state index in [-0.39, 0.29) is 12.1 Å². The number of hydrogen-bond donors (Lipinski definition) is 2. The Morgan fingerprint density at radius 3 is 2.45 bits per heavy atom. The maximum atomic E-state index is 12.0. The summed E-state index contributed by atoms with van der Waals surface area (Å²) in [5.41, 5.74) is 3.41. The standard InChI is InChI=1S/C26H34N2O4S/c1-16-22(15-33-21-13-11-20(12-14-21)27-25(30)32-26(2,3)4)28-24(31-16)19-9-7-18(8-10-19)23(29)17-5-6-17/h7-10,20-21,29H,5-6,11-15H2,1-4H3,(H,27,30). The highest BCUT2D eigenvalue weighted by molar-refractivity contribution is 7.99. The number of benzene rings is 1. The number of allylic oxidation sites excluding steroid dienone is 1. The van der Waals surface area contributed by atoms with Crippen molar-refractivity contribution in [1.29, 1.82) is 0 Å². The van der Waals surface area contributed by atoms with Crippen LogP contribution in [0.3, 0.4) is 0 Å². The number of alkyl carbamates (subject to hydrolysis) is 1. The molecule has 4 rings (SSSR count). The summed E-state index contributed by atoms with van der Waals surface area (Å²) in [4.78, 5) is 16.7. The summed E-state index contributed by atoms with van der Waals surface area (Å²) >= 11 is 1.91. The van der Waals surface area contributed by atoms with Crippen LogP contribution < -0.4 is 5.32 Å². The van der Waals surface area contributed by atoms with Gasteiger partial charge in [0.15, 0.2) is 0 Å². The van der Waals surface area contributed by atoms with Crippen molar-refractivity contribution in [2.45, 2.75) is 88.9 Å². The smallest absolute Gasteiger partial charge is 0.407 e. The lowest BCUT2D eigenvalue weighted by molar-refractivity contribution is 0.0493. The van der Waals surface area contributed by atoms with Gasteiger partial charge in [0.05, 0.1) is 5.69 Å². The fraction of sp³-hybridized carbons (Fsp3) is 0.538. The number of ether oxygens (including phenoxy) is 1. The first-order valence-electron chi connectivity index (χ1n) is 11.8. The number of nitrogens with one attached hydrogen (secondary N) is 1. The van der Waals surface area contributed by atoms with Crippen molar-refractivity contribution in [3.63, 3.8) is 0 Å². The van der Waals surface area contributed by atoms with Gasteiger partial charge in [0, 0.05) is 28.2 Å². The van der Waals surface area contributed by atoms with E-state index in [0.717, 1.165) is 72.4 Å². The average molecular weight is 471 g/mol. The molecule has 178 valence electrons. The Bertz CT molecular complexity index is 1010. The first-order chi connectivity index (χ1) is 15.7. The molecule has 0 aliphatic heterocycles. The van der Waals surface area contributed by atoms with Crippen LogP contribution >= 0.6 is 11.8 Å². The summed E-state index contributed by atoms with van der Waals surface area (Å²) in [5, 5.41) is 13.7. The number of nitrogens with zero attached hydrogens (tertiary/aromatic N) is 1. The van der Waals surface area contributed by atoms with Gasteiger partial charge in [-0.1, -0.05) is 12.1 Å². The number of oxazole rings is 1. The highest BCUT2D eigenvalue weighted by Crippen LogP contribution is 2.36. The molecule has 0 spiro atoms. The molecule has 2 saturated carbocycles. The summed E-state index contributed by atoms with van der Waals surface area (Å²) in [5.74, 6) is 2.70. The summed E-state index contributed by atoms with van der Waals surface area (Å²) in [7, 11) is 0. The zero-order chi connectivity index (χ0) is 23.6. The van der Waals surface area contributed by atoms with Crippen LogP contribution in [-0.2, 0) is 10.5 Å². The van der Waals surface area contributed by atoms with Crippen LogP contribution in [0.4, 0.5) is 4.79 Å². The SMILES string of the molecule is Cc1oc(-c2ccc(C(O)=C3CC3)cc2)nc1CSC1CCC(NC(=O)OC(C)(C)C)CC1. The lowest BCUT2D eigenvalue weighted by Gasteiger charge is -2.29. The topological polar surface area (TPSA) is 84.6 Å². The molecule has 1 aromatic heterocycles. The third-order valence-corrected chi connectivity index (χ3v) is 7.37. The second-order valence-corrected chi connectivity index (χ2v) is 11.3. The number of aliphatic hydroxyl groups excluding tert-OH is 1. The fourth-order valence-corrected chi connectivity index (χ4v) is 5.27. The largest absolute Gasteiger partial charge is 0.507 e. The Labute approximate surface area is 200 Å². The minimum absolute atomic E-state index is 0.190. The van der Waals surface area contributed by atoms with Gasteiger partial charge in [-0.2, -0.15) is 11.8 Å². The fourth-order valence-electron chi connectivity index (χ4n) is 4.00. The molecule has 0 radical (unpaired) electrons. The highest BCUT2D eigenvalue weighted by atomic mass is 32.2. The van der Waals surface area contributed by atoms with E-state index in [1.54, 1.807) is 0 Å². The van der Waals surface area contributed by atoms with E-state index >= 15 is 0 Å². The number of rotatable bonds is 6. The number of carbonyl (C=O) groups is 1. The summed E-state index contributed by atoms with van der Waals surface area (Å²) in [6, 6.07) is 7.95. The molecule has 1 aromatic carbocycles. The molecule has 6 nitrogen and oxygen atoms in total. The first-order valence-corrected chi connectivity index (χ1v) is 12.8. The predicted molar refractivity (Wildman–Crippen MR) is 132 cm³/mol. The van der Waals surface area contributed by atoms with E-state index < -0.39 is 5.60 Å². The molecule has 2 fully saturated rings. The number of aromatic nitrogens is 1. The van der Waals surface area contributed by atoms with E-state index in [0.29, 0.717) is 16.9 Å². The molecular weight excluding hydrogens is 436 g/mol. The van der Waals surface area contributed by atoms with Gasteiger partial charge in [0.2, 0.25) is 5.89 Å². The van der Waals surface area contributed by atoms with Crippen LogP contribution in [0.2, 0.25) is 0 Å². The normalized spacial score (nSPS) is 20.4. The molecule has 0 saturated heterocycles. The van der Waals surface area contributed by atoms with Gasteiger partial charge in [-0.3, -0.25) is 0 Å². The zero-order valence-corrected chi connectivity index (χ0v) is 20.8. The van der Waals surface area contributed by atoms with Crippen LogP contribution in [0.1, 0.15) is 76.3 Å². The number of aryl methyl sites for hydroxylation is 1. The van der Waals surface area contributed by atoms with Crippen LogP contribution in [0, 0.1) is 6.92 Å². The molecule has 7 heteroatoms. The number of thioether (sulfide) groups is 1. The van der Waals surface area contributed by atoms with Crippen molar-refractivity contribution in [1.82, 2.24) is 10.3 Å². The second kappa shape index (κ2) is 9.84.